The van der Waals surface area contributed by atoms with Gasteiger partial charge in [-0.2, -0.15) is 0 Å². The van der Waals surface area contributed by atoms with Crippen molar-refractivity contribution in [2.24, 2.45) is 0 Å². The molecule has 0 atom stereocenters. The second-order valence-corrected chi connectivity index (χ2v) is 4.84. The van der Waals surface area contributed by atoms with E-state index in [-0.39, 0.29) is 6.42 Å². The van der Waals surface area contributed by atoms with Crippen LogP contribution in [0.15, 0.2) is 42.5 Å². The van der Waals surface area contributed by atoms with Gasteiger partial charge in [0, 0.05) is 12.0 Å². The van der Waals surface area contributed by atoms with Gasteiger partial charge in [0.1, 0.15) is 5.75 Å². The Kier molecular flexibility index (Phi) is 4.64. The van der Waals surface area contributed by atoms with E-state index in [9.17, 15) is 4.79 Å². The second kappa shape index (κ2) is 6.44. The minimum absolute atomic E-state index is 0.142. The normalized spacial score (nSPS) is 10.3. The second-order valence-electron chi connectivity index (χ2n) is 4.44. The minimum atomic E-state index is -0.785. The van der Waals surface area contributed by atoms with E-state index in [2.05, 4.69) is 0 Å². The lowest BCUT2D eigenvalue weighted by molar-refractivity contribution is -0.136. The Morgan fingerprint density at radius 3 is 2.45 bits per heavy atom. The molecule has 0 amide bonds. The van der Waals surface area contributed by atoms with Crippen molar-refractivity contribution in [3.63, 3.8) is 0 Å². The fourth-order valence-electron chi connectivity index (χ4n) is 1.96. The molecule has 0 spiro atoms. The number of methoxy groups -OCH3 is 1. The molecule has 0 aliphatic rings. The van der Waals surface area contributed by atoms with Gasteiger partial charge in [0.25, 0.3) is 0 Å². The van der Waals surface area contributed by atoms with Gasteiger partial charge in [0.2, 0.25) is 0 Å². The van der Waals surface area contributed by atoms with Crippen molar-refractivity contribution in [2.75, 3.05) is 7.11 Å². The molecule has 3 nitrogen and oxygen atoms in total. The molecule has 0 bridgehead atoms. The lowest BCUT2D eigenvalue weighted by Gasteiger charge is -2.08. The van der Waals surface area contributed by atoms with Crippen LogP contribution in [0.5, 0.6) is 5.75 Å². The largest absolute Gasteiger partial charge is 0.497 e. The highest BCUT2D eigenvalue weighted by Crippen LogP contribution is 2.31. The maximum atomic E-state index is 10.5. The summed E-state index contributed by atoms with van der Waals surface area (Å²) < 4.78 is 5.12. The third-order valence-corrected chi connectivity index (χ3v) is 3.38. The molecule has 2 aromatic rings. The maximum Gasteiger partial charge on any atom is 0.303 e. The molecule has 1 N–H and O–H groups in total. The quantitative estimate of drug-likeness (QED) is 0.904. The summed E-state index contributed by atoms with van der Waals surface area (Å²) >= 11 is 6.23. The number of hydrogen-bond donors (Lipinski definition) is 1. The van der Waals surface area contributed by atoms with Crippen LogP contribution in [0.4, 0.5) is 0 Å². The molecule has 0 fully saturated rings. The molecular formula is C16H15ClO3. The molecule has 2 aromatic carbocycles. The van der Waals surface area contributed by atoms with Gasteiger partial charge in [-0.1, -0.05) is 35.9 Å². The molecule has 0 saturated heterocycles. The first-order valence-electron chi connectivity index (χ1n) is 6.25. The summed E-state index contributed by atoms with van der Waals surface area (Å²) in [5, 5.41) is 9.29. The molecule has 0 aliphatic carbocycles. The van der Waals surface area contributed by atoms with Crippen molar-refractivity contribution in [2.45, 2.75) is 12.8 Å². The molecule has 4 heteroatoms. The number of aryl methyl sites for hydroxylation is 1. The number of hydrogen-bond acceptors (Lipinski definition) is 2. The topological polar surface area (TPSA) is 46.5 Å². The molecule has 0 aromatic heterocycles. The van der Waals surface area contributed by atoms with Crippen LogP contribution < -0.4 is 4.74 Å². The third-order valence-electron chi connectivity index (χ3n) is 3.07. The zero-order valence-corrected chi connectivity index (χ0v) is 11.9. The van der Waals surface area contributed by atoms with Crippen LogP contribution in [-0.4, -0.2) is 18.2 Å². The number of benzene rings is 2. The van der Waals surface area contributed by atoms with Gasteiger partial charge < -0.3 is 9.84 Å². The van der Waals surface area contributed by atoms with Crippen LogP contribution in [0.1, 0.15) is 12.0 Å². The molecule has 0 heterocycles. The van der Waals surface area contributed by atoms with E-state index < -0.39 is 5.97 Å². The summed E-state index contributed by atoms with van der Waals surface area (Å²) in [4.78, 5) is 10.5. The Labute approximate surface area is 122 Å². The number of carbonyl (C=O) groups is 1. The van der Waals surface area contributed by atoms with Gasteiger partial charge in [-0.25, -0.2) is 0 Å². The van der Waals surface area contributed by atoms with Crippen LogP contribution in [0.25, 0.3) is 11.1 Å². The number of ether oxygens (including phenoxy) is 1. The summed E-state index contributed by atoms with van der Waals surface area (Å²) in [5.74, 6) is -0.0656. The lowest BCUT2D eigenvalue weighted by Crippen LogP contribution is -1.97. The lowest BCUT2D eigenvalue weighted by atomic mass is 10.0. The van der Waals surface area contributed by atoms with Gasteiger partial charge in [-0.05, 0) is 35.7 Å². The smallest absolute Gasteiger partial charge is 0.303 e. The van der Waals surface area contributed by atoms with Crippen molar-refractivity contribution in [1.29, 1.82) is 0 Å². The SMILES string of the molecule is COc1ccc(-c2ccc(CCC(=O)O)cc2)c(Cl)c1. The first kappa shape index (κ1) is 14.4. The van der Waals surface area contributed by atoms with Crippen LogP contribution in [-0.2, 0) is 11.2 Å². The summed E-state index contributed by atoms with van der Waals surface area (Å²) in [6.45, 7) is 0. The Balaban J connectivity index is 2.19. The first-order valence-corrected chi connectivity index (χ1v) is 6.62. The van der Waals surface area contributed by atoms with Crippen molar-refractivity contribution >= 4 is 17.6 Å². The summed E-state index contributed by atoms with van der Waals surface area (Å²) in [7, 11) is 1.60. The maximum absolute atomic E-state index is 10.5. The van der Waals surface area contributed by atoms with Crippen LogP contribution in [0, 0.1) is 0 Å². The highest BCUT2D eigenvalue weighted by molar-refractivity contribution is 6.33. The van der Waals surface area contributed by atoms with Crippen LogP contribution in [0.3, 0.4) is 0 Å². The summed E-state index contributed by atoms with van der Waals surface area (Å²) in [6, 6.07) is 13.3. The predicted molar refractivity (Wildman–Crippen MR) is 79.4 cm³/mol. The van der Waals surface area contributed by atoms with Crippen molar-refractivity contribution in [3.8, 4) is 16.9 Å². The molecular weight excluding hydrogens is 276 g/mol. The van der Waals surface area contributed by atoms with Gasteiger partial charge in [0.05, 0.1) is 12.1 Å². The average Bonchev–Trinajstić information content (AvgIpc) is 2.45. The first-order chi connectivity index (χ1) is 9.60. The van der Waals surface area contributed by atoms with E-state index in [1.807, 2.05) is 36.4 Å². The van der Waals surface area contributed by atoms with Gasteiger partial charge in [0.15, 0.2) is 0 Å². The number of halogens is 1. The van der Waals surface area contributed by atoms with Crippen LogP contribution >= 0.6 is 11.6 Å². The number of carboxylic acid groups (broad SMARTS) is 1. The summed E-state index contributed by atoms with van der Waals surface area (Å²) in [5.41, 5.74) is 2.93. The third kappa shape index (κ3) is 3.52. The molecule has 0 unspecified atom stereocenters. The van der Waals surface area contributed by atoms with Crippen LogP contribution in [0.2, 0.25) is 5.02 Å². The average molecular weight is 291 g/mol. The number of rotatable bonds is 5. The zero-order valence-electron chi connectivity index (χ0n) is 11.1. The predicted octanol–water partition coefficient (Wildman–Crippen LogP) is 4.03. The highest BCUT2D eigenvalue weighted by atomic mass is 35.5. The summed E-state index contributed by atoms with van der Waals surface area (Å²) in [6.07, 6.45) is 0.675. The number of carboxylic acids is 1. The van der Waals surface area contributed by atoms with E-state index in [1.54, 1.807) is 13.2 Å². The molecule has 0 radical (unpaired) electrons. The number of aliphatic carboxylic acids is 1. The fourth-order valence-corrected chi connectivity index (χ4v) is 2.24. The van der Waals surface area contributed by atoms with Gasteiger partial charge >= 0.3 is 5.97 Å². The van der Waals surface area contributed by atoms with E-state index in [0.29, 0.717) is 11.4 Å². The standard InChI is InChI=1S/C16H15ClO3/c1-20-13-7-8-14(15(17)10-13)12-5-2-11(3-6-12)4-9-16(18)19/h2-3,5-8,10H,4,9H2,1H3,(H,18,19). The molecule has 20 heavy (non-hydrogen) atoms. The fraction of sp³-hybridized carbons (Fsp3) is 0.188. The van der Waals surface area contributed by atoms with E-state index in [4.69, 9.17) is 21.4 Å². The minimum Gasteiger partial charge on any atom is -0.497 e. The van der Waals surface area contributed by atoms with E-state index >= 15 is 0 Å². The monoisotopic (exact) mass is 290 g/mol. The van der Waals surface area contributed by atoms with E-state index in [1.165, 1.54) is 0 Å². The molecule has 0 aliphatic heterocycles. The van der Waals surface area contributed by atoms with Crippen molar-refractivity contribution in [1.82, 2.24) is 0 Å². The Morgan fingerprint density at radius 2 is 1.90 bits per heavy atom. The Hall–Kier alpha value is -2.00. The Morgan fingerprint density at radius 1 is 1.20 bits per heavy atom. The molecule has 0 saturated carbocycles. The van der Waals surface area contributed by atoms with E-state index in [0.717, 1.165) is 22.4 Å². The highest BCUT2D eigenvalue weighted by Gasteiger charge is 2.06. The van der Waals surface area contributed by atoms with Gasteiger partial charge in [-0.15, -0.1) is 0 Å². The molecule has 2 rings (SSSR count). The van der Waals surface area contributed by atoms with Gasteiger partial charge in [-0.3, -0.25) is 4.79 Å². The Bertz CT molecular complexity index is 606. The van der Waals surface area contributed by atoms with Crippen molar-refractivity contribution in [3.05, 3.63) is 53.1 Å². The van der Waals surface area contributed by atoms with Crippen molar-refractivity contribution < 1.29 is 14.6 Å². The molecule has 104 valence electrons. The zero-order chi connectivity index (χ0) is 14.5.